The molecular formula is C25H36N2O3. The van der Waals surface area contributed by atoms with E-state index in [2.05, 4.69) is 30.7 Å². The van der Waals surface area contributed by atoms with Gasteiger partial charge >= 0.3 is 5.97 Å². The third-order valence-electron chi connectivity index (χ3n) is 5.26. The number of carbonyl (C=O) groups excluding carboxylic acids is 1. The van der Waals surface area contributed by atoms with Crippen LogP contribution in [0.5, 0.6) is 11.5 Å². The van der Waals surface area contributed by atoms with E-state index in [1.807, 2.05) is 12.1 Å². The van der Waals surface area contributed by atoms with Crippen molar-refractivity contribution >= 4 is 5.97 Å². The first-order valence-electron chi connectivity index (χ1n) is 11.4. The second-order valence-electron chi connectivity index (χ2n) is 7.91. The second kappa shape index (κ2) is 13.7. The summed E-state index contributed by atoms with van der Waals surface area (Å²) >= 11 is 0. The van der Waals surface area contributed by atoms with Crippen LogP contribution in [0.4, 0.5) is 0 Å². The van der Waals surface area contributed by atoms with Gasteiger partial charge in [0.05, 0.1) is 19.0 Å². The topological polar surface area (TPSA) is 61.3 Å². The van der Waals surface area contributed by atoms with Crippen LogP contribution >= 0.6 is 0 Å². The molecular weight excluding hydrogens is 376 g/mol. The molecule has 30 heavy (non-hydrogen) atoms. The Labute approximate surface area is 181 Å². The van der Waals surface area contributed by atoms with E-state index in [-0.39, 0.29) is 5.97 Å². The molecule has 2 aromatic rings. The molecule has 0 N–H and O–H groups in total. The summed E-state index contributed by atoms with van der Waals surface area (Å²) in [5, 5.41) is 0. The number of hydrogen-bond donors (Lipinski definition) is 0. The second-order valence-corrected chi connectivity index (χ2v) is 7.91. The van der Waals surface area contributed by atoms with Crippen LogP contribution in [0.25, 0.3) is 11.4 Å². The summed E-state index contributed by atoms with van der Waals surface area (Å²) in [5.41, 5.74) is 0.873. The Kier molecular flexibility index (Phi) is 10.9. The molecule has 0 saturated carbocycles. The van der Waals surface area contributed by atoms with Crippen LogP contribution in [0, 0.1) is 5.92 Å². The van der Waals surface area contributed by atoms with Gasteiger partial charge in [-0.25, -0.2) is 9.97 Å². The largest absolute Gasteiger partial charge is 0.490 e. The van der Waals surface area contributed by atoms with E-state index in [4.69, 9.17) is 9.47 Å². The molecule has 0 spiro atoms. The standard InChI is InChI=1S/C25H36N2O3/c1-4-6-7-10-17-29-23-18-26-25(27-19-23)21-13-15-22(16-14-21)30-24(28)12-9-8-11-20(3)5-2/h13-16,18-20H,4-12,17H2,1-3H3. The smallest absolute Gasteiger partial charge is 0.311 e. The van der Waals surface area contributed by atoms with Gasteiger partial charge in [0.25, 0.3) is 0 Å². The molecule has 0 amide bonds. The van der Waals surface area contributed by atoms with Crippen LogP contribution < -0.4 is 9.47 Å². The van der Waals surface area contributed by atoms with Crippen molar-refractivity contribution in [3.63, 3.8) is 0 Å². The zero-order valence-electron chi connectivity index (χ0n) is 18.7. The van der Waals surface area contributed by atoms with Gasteiger partial charge in [-0.1, -0.05) is 59.3 Å². The number of rotatable bonds is 14. The van der Waals surface area contributed by atoms with Crippen molar-refractivity contribution in [2.45, 2.75) is 78.6 Å². The molecule has 1 aromatic carbocycles. The highest BCUT2D eigenvalue weighted by atomic mass is 16.5. The lowest BCUT2D eigenvalue weighted by molar-refractivity contribution is -0.134. The van der Waals surface area contributed by atoms with Crippen molar-refractivity contribution < 1.29 is 14.3 Å². The van der Waals surface area contributed by atoms with Crippen molar-refractivity contribution in [2.75, 3.05) is 6.61 Å². The molecule has 0 aliphatic rings. The number of hydrogen-bond acceptors (Lipinski definition) is 5. The van der Waals surface area contributed by atoms with Gasteiger partial charge in [-0.3, -0.25) is 4.79 Å². The molecule has 164 valence electrons. The highest BCUT2D eigenvalue weighted by Crippen LogP contribution is 2.21. The number of aromatic nitrogens is 2. The highest BCUT2D eigenvalue weighted by Gasteiger charge is 2.08. The van der Waals surface area contributed by atoms with Gasteiger partial charge in [0.15, 0.2) is 11.6 Å². The molecule has 5 nitrogen and oxygen atoms in total. The molecule has 0 bridgehead atoms. The number of ether oxygens (including phenoxy) is 2. The van der Waals surface area contributed by atoms with Crippen molar-refractivity contribution in [1.82, 2.24) is 9.97 Å². The van der Waals surface area contributed by atoms with Gasteiger partial charge < -0.3 is 9.47 Å². The Morgan fingerprint density at radius 1 is 0.933 bits per heavy atom. The van der Waals surface area contributed by atoms with Crippen LogP contribution in [0.15, 0.2) is 36.7 Å². The maximum absolute atomic E-state index is 12.0. The van der Waals surface area contributed by atoms with Gasteiger partial charge in [0, 0.05) is 12.0 Å². The average Bonchev–Trinajstić information content (AvgIpc) is 2.77. The molecule has 1 atom stereocenters. The lowest BCUT2D eigenvalue weighted by atomic mass is 10.0. The van der Waals surface area contributed by atoms with E-state index in [0.29, 0.717) is 30.4 Å². The quantitative estimate of drug-likeness (QED) is 0.198. The normalized spacial score (nSPS) is 11.8. The van der Waals surface area contributed by atoms with Crippen molar-refractivity contribution in [2.24, 2.45) is 5.92 Å². The van der Waals surface area contributed by atoms with E-state index in [0.717, 1.165) is 30.7 Å². The molecule has 0 aliphatic heterocycles. The minimum absolute atomic E-state index is 0.177. The minimum Gasteiger partial charge on any atom is -0.490 e. The highest BCUT2D eigenvalue weighted by molar-refractivity contribution is 5.72. The maximum Gasteiger partial charge on any atom is 0.311 e. The van der Waals surface area contributed by atoms with Gasteiger partial charge in [-0.15, -0.1) is 0 Å². The van der Waals surface area contributed by atoms with Crippen molar-refractivity contribution in [3.05, 3.63) is 36.7 Å². The van der Waals surface area contributed by atoms with E-state index in [9.17, 15) is 4.79 Å². The zero-order valence-corrected chi connectivity index (χ0v) is 18.7. The summed E-state index contributed by atoms with van der Waals surface area (Å²) in [6.07, 6.45) is 12.9. The summed E-state index contributed by atoms with van der Waals surface area (Å²) in [7, 11) is 0. The molecule has 1 aromatic heterocycles. The van der Waals surface area contributed by atoms with Crippen molar-refractivity contribution in [1.29, 1.82) is 0 Å². The monoisotopic (exact) mass is 412 g/mol. The van der Waals surface area contributed by atoms with Gasteiger partial charge in [0.1, 0.15) is 5.75 Å². The molecule has 1 unspecified atom stereocenters. The van der Waals surface area contributed by atoms with Gasteiger partial charge in [-0.05, 0) is 43.0 Å². The lowest BCUT2D eigenvalue weighted by Crippen LogP contribution is -2.07. The van der Waals surface area contributed by atoms with Crippen LogP contribution in [0.1, 0.15) is 78.6 Å². The fourth-order valence-corrected chi connectivity index (χ4v) is 3.08. The Balaban J connectivity index is 1.76. The third-order valence-corrected chi connectivity index (χ3v) is 5.26. The molecule has 0 radical (unpaired) electrons. The SMILES string of the molecule is CCCCCCOc1cnc(-c2ccc(OC(=O)CCCCC(C)CC)cc2)nc1. The van der Waals surface area contributed by atoms with Crippen LogP contribution in [-0.2, 0) is 4.79 Å². The summed E-state index contributed by atoms with van der Waals surface area (Å²) in [6.45, 7) is 7.34. The molecule has 0 saturated heterocycles. The summed E-state index contributed by atoms with van der Waals surface area (Å²) < 4.78 is 11.1. The first-order valence-corrected chi connectivity index (χ1v) is 11.4. The predicted molar refractivity (Wildman–Crippen MR) is 121 cm³/mol. The fourth-order valence-electron chi connectivity index (χ4n) is 3.08. The van der Waals surface area contributed by atoms with Crippen LogP contribution in [0.2, 0.25) is 0 Å². The number of benzene rings is 1. The first kappa shape index (κ1) is 23.8. The van der Waals surface area contributed by atoms with Gasteiger partial charge in [-0.2, -0.15) is 0 Å². The molecule has 2 rings (SSSR count). The Morgan fingerprint density at radius 2 is 1.67 bits per heavy atom. The van der Waals surface area contributed by atoms with E-state index in [1.165, 1.54) is 32.1 Å². The number of esters is 1. The van der Waals surface area contributed by atoms with Crippen LogP contribution in [0.3, 0.4) is 0 Å². The van der Waals surface area contributed by atoms with Crippen LogP contribution in [-0.4, -0.2) is 22.5 Å². The maximum atomic E-state index is 12.0. The number of unbranched alkanes of at least 4 members (excludes halogenated alkanes) is 4. The fraction of sp³-hybridized carbons (Fsp3) is 0.560. The Hall–Kier alpha value is -2.43. The summed E-state index contributed by atoms with van der Waals surface area (Å²) in [4.78, 5) is 20.8. The number of carbonyl (C=O) groups is 1. The minimum atomic E-state index is -0.177. The molecule has 1 heterocycles. The summed E-state index contributed by atoms with van der Waals surface area (Å²) in [5.74, 6) is 2.41. The first-order chi connectivity index (χ1) is 14.6. The third kappa shape index (κ3) is 8.93. The van der Waals surface area contributed by atoms with E-state index < -0.39 is 0 Å². The van der Waals surface area contributed by atoms with Crippen molar-refractivity contribution in [3.8, 4) is 22.9 Å². The molecule has 0 fully saturated rings. The van der Waals surface area contributed by atoms with E-state index in [1.54, 1.807) is 24.5 Å². The predicted octanol–water partition coefficient (Wildman–Crippen LogP) is 6.61. The number of nitrogens with zero attached hydrogens (tertiary/aromatic N) is 2. The van der Waals surface area contributed by atoms with E-state index >= 15 is 0 Å². The van der Waals surface area contributed by atoms with Gasteiger partial charge in [0.2, 0.25) is 0 Å². The average molecular weight is 413 g/mol. The Bertz CT molecular complexity index is 729. The Morgan fingerprint density at radius 3 is 2.33 bits per heavy atom. The molecule has 0 aliphatic carbocycles. The lowest BCUT2D eigenvalue weighted by Gasteiger charge is -2.08. The molecule has 5 heteroatoms. The zero-order chi connectivity index (χ0) is 21.6. The summed E-state index contributed by atoms with van der Waals surface area (Å²) in [6, 6.07) is 7.31.